The lowest BCUT2D eigenvalue weighted by atomic mass is 10.5. The van der Waals surface area contributed by atoms with Crippen molar-refractivity contribution in [2.75, 3.05) is 34.3 Å². The first-order valence-corrected chi connectivity index (χ1v) is 3.67. The van der Waals surface area contributed by atoms with Crippen LogP contribution in [0.25, 0.3) is 0 Å². The molecule has 0 aliphatic rings. The zero-order valence-corrected chi connectivity index (χ0v) is 8.27. The van der Waals surface area contributed by atoms with Gasteiger partial charge >= 0.3 is 0 Å². The Hall–Kier alpha value is 0.137. The van der Waals surface area contributed by atoms with Crippen LogP contribution < -0.4 is 0 Å². The average Bonchev–Trinajstić information content (AvgIpc) is 1.59. The Bertz CT molecular complexity index is 59.9. The first-order valence-electron chi connectivity index (χ1n) is 2.85. The Kier molecular flexibility index (Phi) is 3.27. The summed E-state index contributed by atoms with van der Waals surface area (Å²) in [5.74, 6) is 0. The molecule has 0 fully saturated rings. The molecule has 0 aliphatic carbocycles. The summed E-state index contributed by atoms with van der Waals surface area (Å²) in [7, 11) is 7.37. The van der Waals surface area contributed by atoms with Gasteiger partial charge in [0.2, 0.25) is 0 Å². The Morgan fingerprint density at radius 2 is 1.88 bits per heavy atom. The van der Waals surface area contributed by atoms with Crippen molar-refractivity contribution in [3.05, 3.63) is 0 Å². The average molecular weight is 134 g/mol. The van der Waals surface area contributed by atoms with Gasteiger partial charge in [0.25, 0.3) is 0 Å². The predicted molar refractivity (Wildman–Crippen MR) is 38.8 cm³/mol. The molecule has 2 nitrogen and oxygen atoms in total. The van der Waals surface area contributed by atoms with Crippen LogP contribution in [-0.4, -0.2) is 49.3 Å². The van der Waals surface area contributed by atoms with Crippen LogP contribution in [0.1, 0.15) is 0 Å². The van der Waals surface area contributed by atoms with E-state index in [1.807, 2.05) is 0 Å². The minimum absolute atomic E-state index is 0.872. The van der Waals surface area contributed by atoms with Gasteiger partial charge in [-0.1, -0.05) is 0 Å². The van der Waals surface area contributed by atoms with E-state index in [-0.39, 0.29) is 0 Å². The molecule has 0 radical (unpaired) electrons. The first-order chi connectivity index (χ1) is 3.56. The van der Waals surface area contributed by atoms with Gasteiger partial charge in [-0.05, 0) is 0 Å². The lowest BCUT2D eigenvalue weighted by molar-refractivity contribution is -0.870. The Morgan fingerprint density at radius 3 is 2.00 bits per heavy atom. The minimum atomic E-state index is 0.872. The van der Waals surface area contributed by atoms with E-state index in [9.17, 15) is 0 Å². The van der Waals surface area contributed by atoms with Crippen LogP contribution in [-0.2, 0) is 4.43 Å². The van der Waals surface area contributed by atoms with Crippen molar-refractivity contribution in [3.63, 3.8) is 0 Å². The lowest BCUT2D eigenvalue weighted by Crippen LogP contribution is -2.37. The van der Waals surface area contributed by atoms with Crippen molar-refractivity contribution in [1.29, 1.82) is 0 Å². The monoisotopic (exact) mass is 134 g/mol. The predicted octanol–water partition coefficient (Wildman–Crippen LogP) is -1.01. The highest BCUT2D eigenvalue weighted by atomic mass is 28.2. The van der Waals surface area contributed by atoms with Crippen LogP contribution in [0.4, 0.5) is 0 Å². The molecular formula is C5H16NOSi+. The van der Waals surface area contributed by atoms with Gasteiger partial charge in [-0.2, -0.15) is 0 Å². The van der Waals surface area contributed by atoms with Crippen molar-refractivity contribution in [1.82, 2.24) is 0 Å². The summed E-state index contributed by atoms with van der Waals surface area (Å²) in [6.45, 7) is 2.03. The molecule has 0 spiro atoms. The van der Waals surface area contributed by atoms with Crippen LogP contribution in [0.5, 0.6) is 0 Å². The fraction of sp³-hybridized carbons (Fsp3) is 1.00. The maximum atomic E-state index is 5.04. The van der Waals surface area contributed by atoms with Gasteiger partial charge in [-0.25, -0.2) is 0 Å². The molecule has 3 heteroatoms. The van der Waals surface area contributed by atoms with Gasteiger partial charge in [-0.15, -0.1) is 0 Å². The summed E-state index contributed by atoms with van der Waals surface area (Å²) in [6, 6.07) is 0. The van der Waals surface area contributed by atoms with Gasteiger partial charge in [0.1, 0.15) is 17.0 Å². The zero-order valence-electron chi connectivity index (χ0n) is 6.27. The normalized spacial score (nSPS) is 12.4. The van der Waals surface area contributed by atoms with Gasteiger partial charge in [0.05, 0.1) is 27.7 Å². The molecule has 8 heavy (non-hydrogen) atoms. The SMILES string of the molecule is C[N+](C)(C)CCO[SiH3]. The number of rotatable bonds is 3. The van der Waals surface area contributed by atoms with Crippen LogP contribution >= 0.6 is 0 Å². The molecule has 0 unspecified atom stereocenters. The molecule has 0 aromatic heterocycles. The molecule has 0 aromatic rings. The molecule has 0 aromatic carbocycles. The number of hydrogen-bond donors (Lipinski definition) is 0. The zero-order chi connectivity index (χ0) is 6.62. The van der Waals surface area contributed by atoms with Crippen LogP contribution in [0, 0.1) is 0 Å². The van der Waals surface area contributed by atoms with E-state index in [1.54, 1.807) is 0 Å². The highest BCUT2D eigenvalue weighted by molar-refractivity contribution is 5.97. The molecule has 0 atom stereocenters. The second kappa shape index (κ2) is 3.22. The summed E-state index contributed by atoms with van der Waals surface area (Å²) in [4.78, 5) is 0. The van der Waals surface area contributed by atoms with E-state index in [1.165, 1.54) is 0 Å². The minimum Gasteiger partial charge on any atom is -0.422 e. The molecular weight excluding hydrogens is 118 g/mol. The highest BCUT2D eigenvalue weighted by Crippen LogP contribution is 1.86. The Morgan fingerprint density at radius 1 is 1.38 bits per heavy atom. The molecule has 0 heterocycles. The van der Waals surface area contributed by atoms with Crippen molar-refractivity contribution in [2.45, 2.75) is 0 Å². The van der Waals surface area contributed by atoms with Gasteiger partial charge < -0.3 is 8.91 Å². The van der Waals surface area contributed by atoms with E-state index in [4.69, 9.17) is 4.43 Å². The molecule has 0 saturated heterocycles. The molecule has 0 bridgehead atoms. The third kappa shape index (κ3) is 6.14. The fourth-order valence-corrected chi connectivity index (χ4v) is 0.548. The molecule has 0 aliphatic heterocycles. The molecule has 0 rings (SSSR count). The van der Waals surface area contributed by atoms with Crippen molar-refractivity contribution < 1.29 is 8.91 Å². The number of nitrogens with zero attached hydrogens (tertiary/aromatic N) is 1. The number of likely N-dealkylation sites (N-methyl/N-ethyl adjacent to an activating group) is 1. The third-order valence-corrected chi connectivity index (χ3v) is 1.37. The largest absolute Gasteiger partial charge is 0.422 e. The van der Waals surface area contributed by atoms with E-state index < -0.39 is 0 Å². The van der Waals surface area contributed by atoms with Crippen molar-refractivity contribution >= 4 is 10.5 Å². The molecule has 0 saturated carbocycles. The smallest absolute Gasteiger partial charge is 0.146 e. The summed E-state index contributed by atoms with van der Waals surface area (Å²) in [5.41, 5.74) is 0. The van der Waals surface area contributed by atoms with Crippen LogP contribution in [0.15, 0.2) is 0 Å². The maximum Gasteiger partial charge on any atom is 0.146 e. The Balaban J connectivity index is 3.11. The highest BCUT2D eigenvalue weighted by Gasteiger charge is 2.03. The number of quaternary nitrogens is 1. The van der Waals surface area contributed by atoms with Gasteiger partial charge in [0, 0.05) is 0 Å². The second-order valence-corrected chi connectivity index (χ2v) is 3.58. The van der Waals surface area contributed by atoms with Crippen LogP contribution in [0.2, 0.25) is 0 Å². The lowest BCUT2D eigenvalue weighted by Gasteiger charge is -2.23. The molecule has 50 valence electrons. The van der Waals surface area contributed by atoms with Crippen LogP contribution in [0.3, 0.4) is 0 Å². The van der Waals surface area contributed by atoms with Crippen molar-refractivity contribution in [2.24, 2.45) is 0 Å². The third-order valence-electron chi connectivity index (χ3n) is 0.966. The fourth-order valence-electron chi connectivity index (χ4n) is 0.365. The summed E-state index contributed by atoms with van der Waals surface area (Å²) in [6.07, 6.45) is 0. The van der Waals surface area contributed by atoms with E-state index >= 15 is 0 Å². The maximum absolute atomic E-state index is 5.04. The topological polar surface area (TPSA) is 9.23 Å². The van der Waals surface area contributed by atoms with Crippen molar-refractivity contribution in [3.8, 4) is 0 Å². The Labute approximate surface area is 54.6 Å². The number of hydrogen-bond acceptors (Lipinski definition) is 1. The quantitative estimate of drug-likeness (QED) is 0.355. The van der Waals surface area contributed by atoms with E-state index in [0.29, 0.717) is 0 Å². The van der Waals surface area contributed by atoms with Gasteiger partial charge in [-0.3, -0.25) is 0 Å². The van der Waals surface area contributed by atoms with Gasteiger partial charge in [0.15, 0.2) is 0 Å². The first kappa shape index (κ1) is 8.14. The summed E-state index contributed by atoms with van der Waals surface area (Å²) >= 11 is 0. The molecule has 0 amide bonds. The second-order valence-electron chi connectivity index (χ2n) is 3.01. The summed E-state index contributed by atoms with van der Waals surface area (Å²) in [5, 5.41) is 0. The summed E-state index contributed by atoms with van der Waals surface area (Å²) < 4.78 is 6.04. The standard InChI is InChI=1S/C5H16NOSi/c1-6(2,3)4-5-7-8/h4-5H2,1-3,8H3/q+1. The molecule has 0 N–H and O–H groups in total. The van der Waals surface area contributed by atoms with E-state index in [0.717, 1.165) is 28.1 Å². The van der Waals surface area contributed by atoms with E-state index in [2.05, 4.69) is 21.1 Å².